The van der Waals surface area contributed by atoms with Crippen molar-refractivity contribution < 1.29 is 4.79 Å². The predicted octanol–water partition coefficient (Wildman–Crippen LogP) is 2.98. The van der Waals surface area contributed by atoms with Crippen LogP contribution in [0.3, 0.4) is 0 Å². The first-order chi connectivity index (χ1) is 9.06. The Morgan fingerprint density at radius 1 is 1.20 bits per heavy atom. The molecule has 2 fully saturated rings. The topological polar surface area (TPSA) is 41.1 Å². The number of rotatable bonds is 6. The fraction of sp³-hybridized carbons (Fsp3) is 0.938. The van der Waals surface area contributed by atoms with Gasteiger partial charge in [-0.05, 0) is 55.9 Å². The van der Waals surface area contributed by atoms with Crippen LogP contribution in [0.5, 0.6) is 0 Å². The summed E-state index contributed by atoms with van der Waals surface area (Å²) in [5.41, 5.74) is 0. The summed E-state index contributed by atoms with van der Waals surface area (Å²) in [6.45, 7) is 8.38. The van der Waals surface area contributed by atoms with E-state index in [4.69, 9.17) is 0 Å². The fourth-order valence-electron chi connectivity index (χ4n) is 3.34. The molecule has 0 aromatic heterocycles. The van der Waals surface area contributed by atoms with Crippen LogP contribution < -0.4 is 10.6 Å². The highest BCUT2D eigenvalue weighted by Gasteiger charge is 2.31. The summed E-state index contributed by atoms with van der Waals surface area (Å²) in [7, 11) is 0. The SMILES string of the molecule is CC1CCC(C(C)C)C(NC(=O)CNCC2CC2)C1.Cl. The summed E-state index contributed by atoms with van der Waals surface area (Å²) in [5, 5.41) is 6.55. The van der Waals surface area contributed by atoms with Crippen molar-refractivity contribution in [3.63, 3.8) is 0 Å². The van der Waals surface area contributed by atoms with E-state index in [1.165, 1.54) is 25.7 Å². The molecule has 4 heteroatoms. The molecule has 3 unspecified atom stereocenters. The van der Waals surface area contributed by atoms with Crippen molar-refractivity contribution in [2.75, 3.05) is 13.1 Å². The normalized spacial score (nSPS) is 29.9. The van der Waals surface area contributed by atoms with E-state index >= 15 is 0 Å². The molecule has 118 valence electrons. The zero-order valence-corrected chi connectivity index (χ0v) is 14.0. The third kappa shape index (κ3) is 5.61. The van der Waals surface area contributed by atoms with Crippen molar-refractivity contribution in [1.29, 1.82) is 0 Å². The Balaban J connectivity index is 0.00000200. The van der Waals surface area contributed by atoms with Crippen molar-refractivity contribution >= 4 is 18.3 Å². The van der Waals surface area contributed by atoms with E-state index in [1.807, 2.05) is 0 Å². The van der Waals surface area contributed by atoms with Crippen LogP contribution in [-0.4, -0.2) is 25.0 Å². The molecule has 2 N–H and O–H groups in total. The second-order valence-electron chi connectivity index (χ2n) is 7.07. The van der Waals surface area contributed by atoms with E-state index in [2.05, 4.69) is 31.4 Å². The second-order valence-corrected chi connectivity index (χ2v) is 7.07. The molecule has 3 atom stereocenters. The van der Waals surface area contributed by atoms with Crippen LogP contribution in [0, 0.1) is 23.7 Å². The van der Waals surface area contributed by atoms with Crippen molar-refractivity contribution in [3.05, 3.63) is 0 Å². The smallest absolute Gasteiger partial charge is 0.234 e. The number of halogens is 1. The van der Waals surface area contributed by atoms with Crippen molar-refractivity contribution in [3.8, 4) is 0 Å². The molecule has 2 aliphatic carbocycles. The fourth-order valence-corrected chi connectivity index (χ4v) is 3.34. The molecule has 0 aromatic carbocycles. The maximum Gasteiger partial charge on any atom is 0.234 e. The van der Waals surface area contributed by atoms with Crippen LogP contribution in [0.2, 0.25) is 0 Å². The standard InChI is InChI=1S/C16H30N2O.ClH/c1-11(2)14-7-4-12(3)8-15(14)18-16(19)10-17-9-13-5-6-13;/h11-15,17H,4-10H2,1-3H3,(H,18,19);1H. The Labute approximate surface area is 130 Å². The molecule has 3 nitrogen and oxygen atoms in total. The van der Waals surface area contributed by atoms with E-state index in [0.29, 0.717) is 24.4 Å². The molecule has 2 aliphatic rings. The Morgan fingerprint density at radius 2 is 1.90 bits per heavy atom. The van der Waals surface area contributed by atoms with Crippen LogP contribution in [0.15, 0.2) is 0 Å². The summed E-state index contributed by atoms with van der Waals surface area (Å²) in [5.74, 6) is 3.09. The van der Waals surface area contributed by atoms with Gasteiger partial charge in [-0.1, -0.05) is 27.2 Å². The zero-order chi connectivity index (χ0) is 13.8. The molecule has 2 rings (SSSR count). The van der Waals surface area contributed by atoms with E-state index in [-0.39, 0.29) is 18.3 Å². The molecular weight excluding hydrogens is 272 g/mol. The Bertz CT molecular complexity index is 305. The number of nitrogens with one attached hydrogen (secondary N) is 2. The third-order valence-electron chi connectivity index (χ3n) is 4.78. The van der Waals surface area contributed by atoms with Gasteiger partial charge in [0, 0.05) is 6.04 Å². The highest BCUT2D eigenvalue weighted by Crippen LogP contribution is 2.33. The number of hydrogen-bond acceptors (Lipinski definition) is 2. The monoisotopic (exact) mass is 302 g/mol. The lowest BCUT2D eigenvalue weighted by Crippen LogP contribution is -2.48. The lowest BCUT2D eigenvalue weighted by atomic mass is 9.74. The van der Waals surface area contributed by atoms with Gasteiger partial charge >= 0.3 is 0 Å². The van der Waals surface area contributed by atoms with Gasteiger partial charge in [0.05, 0.1) is 6.54 Å². The summed E-state index contributed by atoms with van der Waals surface area (Å²) >= 11 is 0. The minimum absolute atomic E-state index is 0. The van der Waals surface area contributed by atoms with Gasteiger partial charge in [-0.15, -0.1) is 12.4 Å². The second kappa shape index (κ2) is 8.23. The quantitative estimate of drug-likeness (QED) is 0.792. The maximum atomic E-state index is 12.0. The van der Waals surface area contributed by atoms with Gasteiger partial charge in [0.15, 0.2) is 0 Å². The minimum Gasteiger partial charge on any atom is -0.352 e. The van der Waals surface area contributed by atoms with Crippen LogP contribution in [0.25, 0.3) is 0 Å². The molecule has 0 bridgehead atoms. The molecule has 0 aromatic rings. The highest BCUT2D eigenvalue weighted by molar-refractivity contribution is 5.85. The molecule has 0 aliphatic heterocycles. The molecule has 0 radical (unpaired) electrons. The van der Waals surface area contributed by atoms with E-state index < -0.39 is 0 Å². The van der Waals surface area contributed by atoms with Crippen molar-refractivity contribution in [2.45, 2.75) is 58.9 Å². The maximum absolute atomic E-state index is 12.0. The van der Waals surface area contributed by atoms with Gasteiger partial charge < -0.3 is 10.6 Å². The highest BCUT2D eigenvalue weighted by atomic mass is 35.5. The molecule has 0 spiro atoms. The van der Waals surface area contributed by atoms with Gasteiger partial charge in [0.2, 0.25) is 5.91 Å². The Kier molecular flexibility index (Phi) is 7.32. The minimum atomic E-state index is 0. The van der Waals surface area contributed by atoms with Gasteiger partial charge in [-0.2, -0.15) is 0 Å². The first-order valence-corrected chi connectivity index (χ1v) is 8.06. The number of carbonyl (C=O) groups is 1. The first-order valence-electron chi connectivity index (χ1n) is 8.06. The van der Waals surface area contributed by atoms with Gasteiger partial charge in [-0.25, -0.2) is 0 Å². The van der Waals surface area contributed by atoms with E-state index in [1.54, 1.807) is 0 Å². The van der Waals surface area contributed by atoms with E-state index in [9.17, 15) is 4.79 Å². The molecule has 0 heterocycles. The molecule has 1 amide bonds. The first kappa shape index (κ1) is 17.8. The van der Waals surface area contributed by atoms with Gasteiger partial charge in [0.25, 0.3) is 0 Å². The molecule has 20 heavy (non-hydrogen) atoms. The third-order valence-corrected chi connectivity index (χ3v) is 4.78. The molecule has 0 saturated heterocycles. The average molecular weight is 303 g/mol. The van der Waals surface area contributed by atoms with Crippen molar-refractivity contribution in [2.24, 2.45) is 23.7 Å². The zero-order valence-electron chi connectivity index (χ0n) is 13.2. The average Bonchev–Trinajstić information content (AvgIpc) is 3.12. The summed E-state index contributed by atoms with van der Waals surface area (Å²) in [6, 6.07) is 0.388. The summed E-state index contributed by atoms with van der Waals surface area (Å²) < 4.78 is 0. The number of hydrogen-bond donors (Lipinski definition) is 2. The predicted molar refractivity (Wildman–Crippen MR) is 86.1 cm³/mol. The number of amides is 1. The van der Waals surface area contributed by atoms with Gasteiger partial charge in [0.1, 0.15) is 0 Å². The summed E-state index contributed by atoms with van der Waals surface area (Å²) in [6.07, 6.45) is 6.40. The van der Waals surface area contributed by atoms with Crippen LogP contribution in [0.4, 0.5) is 0 Å². The van der Waals surface area contributed by atoms with Crippen molar-refractivity contribution in [1.82, 2.24) is 10.6 Å². The van der Waals surface area contributed by atoms with Gasteiger partial charge in [-0.3, -0.25) is 4.79 Å². The Hall–Kier alpha value is -0.280. The van der Waals surface area contributed by atoms with Crippen LogP contribution in [-0.2, 0) is 4.79 Å². The molecular formula is C16H31ClN2O. The number of carbonyl (C=O) groups excluding carboxylic acids is 1. The van der Waals surface area contributed by atoms with Crippen LogP contribution in [0.1, 0.15) is 52.9 Å². The van der Waals surface area contributed by atoms with E-state index in [0.717, 1.165) is 24.8 Å². The lowest BCUT2D eigenvalue weighted by Gasteiger charge is -2.37. The molecule has 2 saturated carbocycles. The van der Waals surface area contributed by atoms with Crippen LogP contribution >= 0.6 is 12.4 Å². The largest absolute Gasteiger partial charge is 0.352 e. The lowest BCUT2D eigenvalue weighted by molar-refractivity contribution is -0.121. The Morgan fingerprint density at radius 3 is 2.50 bits per heavy atom. The summed E-state index contributed by atoms with van der Waals surface area (Å²) in [4.78, 5) is 12.0.